The second-order valence-electron chi connectivity index (χ2n) is 5.38. The van der Waals surface area contributed by atoms with Crippen molar-refractivity contribution in [2.75, 3.05) is 0 Å². The molecule has 0 aliphatic carbocycles. The smallest absolute Gasteiger partial charge is 0.126 e. The van der Waals surface area contributed by atoms with E-state index >= 15 is 0 Å². The van der Waals surface area contributed by atoms with Gasteiger partial charge in [-0.25, -0.2) is 13.2 Å². The normalized spacial score (nSPS) is 12.6. The molecule has 2 aromatic carbocycles. The van der Waals surface area contributed by atoms with Crippen LogP contribution in [0, 0.1) is 22.0 Å². The van der Waals surface area contributed by atoms with E-state index in [9.17, 15) is 13.2 Å². The Bertz CT molecular complexity index is 944. The van der Waals surface area contributed by atoms with Gasteiger partial charge in [-0.2, -0.15) is 0 Å². The van der Waals surface area contributed by atoms with E-state index in [1.807, 2.05) is 0 Å². The highest BCUT2D eigenvalue weighted by molar-refractivity contribution is 7.71. The van der Waals surface area contributed by atoms with Crippen molar-refractivity contribution in [1.82, 2.24) is 4.98 Å². The van der Waals surface area contributed by atoms with E-state index in [2.05, 4.69) is 4.98 Å². The highest BCUT2D eigenvalue weighted by Crippen LogP contribution is 2.32. The van der Waals surface area contributed by atoms with Gasteiger partial charge in [0, 0.05) is 34.3 Å². The van der Waals surface area contributed by atoms with Gasteiger partial charge in [-0.15, -0.1) is 0 Å². The SMILES string of the molecule is CC(N)c1[nH]c2ccc(F)cc2c(=S)c1-c1cc(F)cc(F)c1. The topological polar surface area (TPSA) is 41.8 Å². The number of hydrogen-bond donors (Lipinski definition) is 2. The van der Waals surface area contributed by atoms with Crippen LogP contribution < -0.4 is 5.73 Å². The molecular weight excluding hydrogens is 321 g/mol. The minimum Gasteiger partial charge on any atom is -0.357 e. The van der Waals surface area contributed by atoms with Gasteiger partial charge in [-0.3, -0.25) is 0 Å². The van der Waals surface area contributed by atoms with Crippen LogP contribution in [0.3, 0.4) is 0 Å². The Labute approximate surface area is 135 Å². The van der Waals surface area contributed by atoms with Crippen molar-refractivity contribution >= 4 is 23.1 Å². The Morgan fingerprint density at radius 3 is 2.26 bits per heavy atom. The fraction of sp³-hybridized carbons (Fsp3) is 0.118. The lowest BCUT2D eigenvalue weighted by Crippen LogP contribution is -2.10. The van der Waals surface area contributed by atoms with Crippen molar-refractivity contribution in [3.63, 3.8) is 0 Å². The Morgan fingerprint density at radius 2 is 1.65 bits per heavy atom. The van der Waals surface area contributed by atoms with Gasteiger partial charge in [0.2, 0.25) is 0 Å². The lowest BCUT2D eigenvalue weighted by atomic mass is 9.98. The molecule has 0 bridgehead atoms. The van der Waals surface area contributed by atoms with E-state index < -0.39 is 23.5 Å². The molecule has 3 aromatic rings. The van der Waals surface area contributed by atoms with Crippen LogP contribution in [-0.4, -0.2) is 4.98 Å². The fourth-order valence-corrected chi connectivity index (χ4v) is 3.00. The number of halogens is 3. The molecule has 0 saturated carbocycles. The molecule has 2 nitrogen and oxygen atoms in total. The average Bonchev–Trinajstić information content (AvgIpc) is 2.46. The molecule has 1 aromatic heterocycles. The van der Waals surface area contributed by atoms with Gasteiger partial charge in [-0.1, -0.05) is 12.2 Å². The fourth-order valence-electron chi connectivity index (χ4n) is 2.60. The maximum Gasteiger partial charge on any atom is 0.126 e. The van der Waals surface area contributed by atoms with Crippen LogP contribution in [0.15, 0.2) is 36.4 Å². The van der Waals surface area contributed by atoms with E-state index in [4.69, 9.17) is 18.0 Å². The summed E-state index contributed by atoms with van der Waals surface area (Å²) in [5.74, 6) is -1.88. The third-order valence-corrected chi connectivity index (χ3v) is 4.02. The highest BCUT2D eigenvalue weighted by Gasteiger charge is 2.16. The predicted octanol–water partition coefficient (Wildman–Crippen LogP) is 5.00. The highest BCUT2D eigenvalue weighted by atomic mass is 32.1. The first-order valence-electron chi connectivity index (χ1n) is 6.94. The van der Waals surface area contributed by atoms with Gasteiger partial charge in [0.25, 0.3) is 0 Å². The van der Waals surface area contributed by atoms with Crippen LogP contribution >= 0.6 is 12.2 Å². The molecule has 0 aliphatic rings. The molecule has 0 radical (unpaired) electrons. The molecule has 3 rings (SSSR count). The Hall–Kier alpha value is -2.18. The number of hydrogen-bond acceptors (Lipinski definition) is 2. The number of benzene rings is 2. The molecule has 3 N–H and O–H groups in total. The first kappa shape index (κ1) is 15.7. The van der Waals surface area contributed by atoms with Crippen LogP contribution in [-0.2, 0) is 0 Å². The molecular formula is C17H13F3N2S. The van der Waals surface area contributed by atoms with E-state index in [1.54, 1.807) is 13.0 Å². The summed E-state index contributed by atoms with van der Waals surface area (Å²) in [5, 5.41) is 0.462. The summed E-state index contributed by atoms with van der Waals surface area (Å²) in [6, 6.07) is 6.84. The maximum absolute atomic E-state index is 13.6. The molecule has 0 fully saturated rings. The molecule has 6 heteroatoms. The molecule has 0 aliphatic heterocycles. The summed E-state index contributed by atoms with van der Waals surface area (Å²) < 4.78 is 41.0. The largest absolute Gasteiger partial charge is 0.357 e. The van der Waals surface area contributed by atoms with E-state index in [1.165, 1.54) is 24.3 Å². The van der Waals surface area contributed by atoms with Gasteiger partial charge >= 0.3 is 0 Å². The van der Waals surface area contributed by atoms with Gasteiger partial charge in [0.15, 0.2) is 0 Å². The summed E-state index contributed by atoms with van der Waals surface area (Å²) in [6.45, 7) is 1.73. The lowest BCUT2D eigenvalue weighted by molar-refractivity contribution is 0.584. The Morgan fingerprint density at radius 1 is 1.00 bits per heavy atom. The molecule has 0 amide bonds. The number of aromatic amines is 1. The Balaban J connectivity index is 2.44. The maximum atomic E-state index is 13.6. The Kier molecular flexibility index (Phi) is 3.95. The van der Waals surface area contributed by atoms with E-state index in [-0.39, 0.29) is 5.56 Å². The summed E-state index contributed by atoms with van der Waals surface area (Å²) >= 11 is 5.44. The van der Waals surface area contributed by atoms with Crippen molar-refractivity contribution in [2.45, 2.75) is 13.0 Å². The van der Waals surface area contributed by atoms with Gasteiger partial charge in [0.1, 0.15) is 17.5 Å². The molecule has 1 unspecified atom stereocenters. The third kappa shape index (κ3) is 2.87. The lowest BCUT2D eigenvalue weighted by Gasteiger charge is -2.16. The molecule has 1 heterocycles. The first-order chi connectivity index (χ1) is 10.9. The van der Waals surface area contributed by atoms with Crippen molar-refractivity contribution in [1.29, 1.82) is 0 Å². The number of rotatable bonds is 2. The second-order valence-corrected chi connectivity index (χ2v) is 5.79. The van der Waals surface area contributed by atoms with Crippen molar-refractivity contribution in [3.8, 4) is 11.1 Å². The van der Waals surface area contributed by atoms with Gasteiger partial charge in [0.05, 0.1) is 4.51 Å². The zero-order chi connectivity index (χ0) is 16.7. The van der Waals surface area contributed by atoms with Crippen molar-refractivity contribution in [2.24, 2.45) is 5.73 Å². The van der Waals surface area contributed by atoms with E-state index in [0.29, 0.717) is 26.7 Å². The summed E-state index contributed by atoms with van der Waals surface area (Å²) in [6.07, 6.45) is 0. The van der Waals surface area contributed by atoms with E-state index in [0.717, 1.165) is 6.07 Å². The average molecular weight is 334 g/mol. The van der Waals surface area contributed by atoms with Crippen molar-refractivity contribution in [3.05, 3.63) is 64.1 Å². The van der Waals surface area contributed by atoms with Gasteiger partial charge in [-0.05, 0) is 42.8 Å². The molecule has 118 valence electrons. The number of nitrogens with two attached hydrogens (primary N) is 1. The predicted molar refractivity (Wildman–Crippen MR) is 87.0 cm³/mol. The number of fused-ring (bicyclic) bond motifs is 1. The number of H-pyrrole nitrogens is 1. The summed E-state index contributed by atoms with van der Waals surface area (Å²) in [5.41, 5.74) is 7.81. The zero-order valence-corrected chi connectivity index (χ0v) is 13.0. The van der Waals surface area contributed by atoms with Crippen LogP contribution in [0.4, 0.5) is 13.2 Å². The standard InChI is InChI=1S/C17H13F3N2S/c1-8(21)16-15(9-4-11(19)6-12(20)5-9)17(23)13-7-10(18)2-3-14(13)22-16/h2-8H,21H2,1H3,(H,22,23). The number of nitrogens with one attached hydrogen (secondary N) is 1. The number of aromatic nitrogens is 1. The molecule has 23 heavy (non-hydrogen) atoms. The van der Waals surface area contributed by atoms with Crippen LogP contribution in [0.5, 0.6) is 0 Å². The summed E-state index contributed by atoms with van der Waals surface area (Å²) in [4.78, 5) is 3.10. The van der Waals surface area contributed by atoms with Crippen LogP contribution in [0.2, 0.25) is 0 Å². The quantitative estimate of drug-likeness (QED) is 0.648. The van der Waals surface area contributed by atoms with Gasteiger partial charge < -0.3 is 10.7 Å². The van der Waals surface area contributed by atoms with Crippen LogP contribution in [0.1, 0.15) is 18.7 Å². The molecule has 0 spiro atoms. The molecule has 0 saturated heterocycles. The number of pyridine rings is 1. The second kappa shape index (κ2) is 5.79. The monoisotopic (exact) mass is 334 g/mol. The molecule has 1 atom stereocenters. The van der Waals surface area contributed by atoms with Crippen molar-refractivity contribution < 1.29 is 13.2 Å². The third-order valence-electron chi connectivity index (χ3n) is 3.60. The zero-order valence-electron chi connectivity index (χ0n) is 12.2. The minimum absolute atomic E-state index is 0.266. The minimum atomic E-state index is -0.718. The van der Waals surface area contributed by atoms with Crippen LogP contribution in [0.25, 0.3) is 22.0 Å². The summed E-state index contributed by atoms with van der Waals surface area (Å²) in [7, 11) is 0. The first-order valence-corrected chi connectivity index (χ1v) is 7.35.